The number of hydrogen-bond acceptors (Lipinski definition) is 9. The lowest BCUT2D eigenvalue weighted by Gasteiger charge is -2.10. The molecule has 3 heterocycles. The van der Waals surface area contributed by atoms with Gasteiger partial charge in [-0.25, -0.2) is 0 Å². The number of unbranched alkanes of at least 4 members (excludes halogenated alkanes) is 1. The van der Waals surface area contributed by atoms with E-state index < -0.39 is 23.9 Å². The molecule has 0 bridgehead atoms. The highest BCUT2D eigenvalue weighted by molar-refractivity contribution is 5.91. The topological polar surface area (TPSA) is 145 Å². The van der Waals surface area contributed by atoms with Crippen LogP contribution in [0.25, 0.3) is 0 Å². The van der Waals surface area contributed by atoms with Gasteiger partial charge in [0.1, 0.15) is 11.4 Å². The van der Waals surface area contributed by atoms with Crippen molar-refractivity contribution in [1.29, 1.82) is 0 Å². The van der Waals surface area contributed by atoms with E-state index >= 15 is 0 Å². The summed E-state index contributed by atoms with van der Waals surface area (Å²) in [7, 11) is 1.59. The number of ether oxygens (including phenoxy) is 1. The van der Waals surface area contributed by atoms with E-state index in [1.165, 1.54) is 10.9 Å². The van der Waals surface area contributed by atoms with E-state index in [-0.39, 0.29) is 17.9 Å². The van der Waals surface area contributed by atoms with Crippen molar-refractivity contribution in [3.63, 3.8) is 0 Å². The number of nitrogens with zero attached hydrogens (tertiary/aromatic N) is 7. The molecule has 15 heteroatoms. The van der Waals surface area contributed by atoms with Gasteiger partial charge in [0, 0.05) is 25.8 Å². The number of aryl methyl sites for hydroxylation is 2. The fourth-order valence-corrected chi connectivity index (χ4v) is 3.72. The number of carbonyl (C=O) groups excluding carboxylic acids is 1. The first-order chi connectivity index (χ1) is 19.2. The third-order valence-electron chi connectivity index (χ3n) is 5.84. The van der Waals surface area contributed by atoms with Crippen molar-refractivity contribution in [3.05, 3.63) is 83.2 Å². The molecule has 0 aliphatic heterocycles. The lowest BCUT2D eigenvalue weighted by molar-refractivity contribution is -0.137. The number of amides is 1. The maximum atomic E-state index is 12.8. The van der Waals surface area contributed by atoms with Crippen molar-refractivity contribution < 1.29 is 27.8 Å². The molecule has 1 aromatic carbocycles. The number of aliphatic hydroxyl groups is 1. The molecule has 1 amide bonds. The van der Waals surface area contributed by atoms with Crippen LogP contribution >= 0.6 is 0 Å². The van der Waals surface area contributed by atoms with Gasteiger partial charge < -0.3 is 15.2 Å². The zero-order valence-corrected chi connectivity index (χ0v) is 21.5. The highest BCUT2D eigenvalue weighted by Gasteiger charge is 2.30. The van der Waals surface area contributed by atoms with E-state index in [0.717, 1.165) is 36.1 Å². The first-order valence-corrected chi connectivity index (χ1v) is 12.4. The predicted molar refractivity (Wildman–Crippen MR) is 134 cm³/mol. The number of pyridine rings is 1. The summed E-state index contributed by atoms with van der Waals surface area (Å²) in [6.45, 7) is 1.29. The average Bonchev–Trinajstić information content (AvgIpc) is 3.63. The molecule has 0 fully saturated rings. The van der Waals surface area contributed by atoms with Crippen molar-refractivity contribution in [3.8, 4) is 5.75 Å². The van der Waals surface area contributed by atoms with E-state index in [1.807, 2.05) is 24.3 Å². The van der Waals surface area contributed by atoms with Gasteiger partial charge in [-0.05, 0) is 42.7 Å². The van der Waals surface area contributed by atoms with Gasteiger partial charge in [0.05, 0.1) is 37.3 Å². The summed E-state index contributed by atoms with van der Waals surface area (Å²) in [5.74, 6) is 0.163. The van der Waals surface area contributed by atoms with E-state index in [0.29, 0.717) is 31.7 Å². The summed E-state index contributed by atoms with van der Waals surface area (Å²) < 4.78 is 46.8. The van der Waals surface area contributed by atoms with Gasteiger partial charge in [-0.1, -0.05) is 22.6 Å². The van der Waals surface area contributed by atoms with Gasteiger partial charge in [0.15, 0.2) is 11.9 Å². The Hall–Kier alpha value is -4.37. The third kappa shape index (κ3) is 8.07. The molecule has 4 aromatic rings. The molecular formula is C25H28F3N9O3. The molecule has 0 aliphatic carbocycles. The number of nitrogens with one attached hydrogen (secondary N) is 2. The molecule has 3 aromatic heterocycles. The lowest BCUT2D eigenvalue weighted by atomic mass is 10.2. The third-order valence-corrected chi connectivity index (χ3v) is 5.84. The Morgan fingerprint density at radius 1 is 1.05 bits per heavy atom. The predicted octanol–water partition coefficient (Wildman–Crippen LogP) is 2.48. The van der Waals surface area contributed by atoms with Crippen molar-refractivity contribution in [1.82, 2.24) is 45.6 Å². The largest absolute Gasteiger partial charge is 0.497 e. The van der Waals surface area contributed by atoms with Gasteiger partial charge >= 0.3 is 6.18 Å². The maximum Gasteiger partial charge on any atom is 0.416 e. The van der Waals surface area contributed by atoms with E-state index in [4.69, 9.17) is 4.74 Å². The highest BCUT2D eigenvalue weighted by atomic mass is 19.4. The molecule has 3 N–H and O–H groups in total. The zero-order valence-electron chi connectivity index (χ0n) is 21.5. The number of aliphatic hydroxyl groups excluding tert-OH is 1. The van der Waals surface area contributed by atoms with Gasteiger partial charge in [0.2, 0.25) is 0 Å². The van der Waals surface area contributed by atoms with Crippen LogP contribution in [0.1, 0.15) is 52.1 Å². The molecule has 0 radical (unpaired) electrons. The molecule has 1 unspecified atom stereocenters. The van der Waals surface area contributed by atoms with Gasteiger partial charge in [-0.3, -0.25) is 24.5 Å². The zero-order chi connectivity index (χ0) is 28.5. The summed E-state index contributed by atoms with van der Waals surface area (Å²) >= 11 is 0. The van der Waals surface area contributed by atoms with Crippen LogP contribution in [0.4, 0.5) is 13.2 Å². The van der Waals surface area contributed by atoms with E-state index in [1.54, 1.807) is 18.0 Å². The molecule has 12 nitrogen and oxygen atoms in total. The Morgan fingerprint density at radius 2 is 1.80 bits per heavy atom. The number of hydrogen-bond donors (Lipinski definition) is 3. The summed E-state index contributed by atoms with van der Waals surface area (Å²) in [5, 5.41) is 31.7. The van der Waals surface area contributed by atoms with Crippen LogP contribution in [0.5, 0.6) is 5.75 Å². The van der Waals surface area contributed by atoms with Crippen molar-refractivity contribution in [2.24, 2.45) is 0 Å². The number of carbonyl (C=O) groups is 1. The van der Waals surface area contributed by atoms with Crippen molar-refractivity contribution in [2.45, 2.75) is 51.4 Å². The fourth-order valence-electron chi connectivity index (χ4n) is 3.72. The van der Waals surface area contributed by atoms with E-state index in [9.17, 15) is 23.1 Å². The van der Waals surface area contributed by atoms with Crippen LogP contribution in [0, 0.1) is 0 Å². The number of benzene rings is 1. The van der Waals surface area contributed by atoms with Gasteiger partial charge in [-0.2, -0.15) is 13.2 Å². The Balaban J connectivity index is 1.17. The molecule has 0 aliphatic rings. The second-order valence-corrected chi connectivity index (χ2v) is 8.83. The molecule has 0 spiro atoms. The molecule has 0 saturated carbocycles. The van der Waals surface area contributed by atoms with Crippen LogP contribution in [-0.4, -0.2) is 53.1 Å². The first kappa shape index (κ1) is 28.6. The second kappa shape index (κ2) is 13.1. The average molecular weight is 560 g/mol. The molecule has 0 saturated heterocycles. The maximum absolute atomic E-state index is 12.8. The van der Waals surface area contributed by atoms with Crippen LogP contribution in [-0.2, 0) is 32.4 Å². The summed E-state index contributed by atoms with van der Waals surface area (Å²) in [4.78, 5) is 16.2. The Labute approximate surface area is 227 Å². The highest BCUT2D eigenvalue weighted by Crippen LogP contribution is 2.29. The molecule has 212 valence electrons. The lowest BCUT2D eigenvalue weighted by Crippen LogP contribution is -2.24. The van der Waals surface area contributed by atoms with Crippen LogP contribution in [0.3, 0.4) is 0 Å². The SMILES string of the molecule is COc1cccc(CNC(O)c2cn(CCCCn3cc(C(=O)NCc4cc(C(F)(F)F)ccn4)nn3)nn2)c1. The minimum Gasteiger partial charge on any atom is -0.497 e. The molecule has 1 atom stereocenters. The number of aromatic nitrogens is 7. The minimum absolute atomic E-state index is 0.0447. The summed E-state index contributed by atoms with van der Waals surface area (Å²) in [5.41, 5.74) is 0.634. The molecular weight excluding hydrogens is 531 g/mol. The van der Waals surface area contributed by atoms with Crippen LogP contribution in [0.15, 0.2) is 55.0 Å². The summed E-state index contributed by atoms with van der Waals surface area (Å²) in [6, 6.07) is 9.26. The van der Waals surface area contributed by atoms with Crippen molar-refractivity contribution in [2.75, 3.05) is 7.11 Å². The fraction of sp³-hybridized carbons (Fsp3) is 0.360. The smallest absolute Gasteiger partial charge is 0.416 e. The number of methoxy groups -OCH3 is 1. The quantitative estimate of drug-likeness (QED) is 0.166. The summed E-state index contributed by atoms with van der Waals surface area (Å²) in [6.07, 6.45) is 0.126. The Morgan fingerprint density at radius 3 is 2.55 bits per heavy atom. The standard InChI is InChI=1S/C25H28F3N9O3/c1-40-20-6-4-5-17(11-20)13-30-23(38)21-15-36(34-32-21)9-2-3-10-37-16-22(33-35-37)24(39)31-14-19-12-18(7-8-29-19)25(26,27)28/h4-8,11-12,15-16,23,30,38H,2-3,9-10,13-14H2,1H3,(H,31,39). The second-order valence-electron chi connectivity index (χ2n) is 8.83. The number of alkyl halides is 3. The number of rotatable bonds is 13. The number of halogens is 3. The first-order valence-electron chi connectivity index (χ1n) is 12.4. The van der Waals surface area contributed by atoms with Gasteiger partial charge in [0.25, 0.3) is 5.91 Å². The van der Waals surface area contributed by atoms with Crippen LogP contribution < -0.4 is 15.4 Å². The van der Waals surface area contributed by atoms with Crippen molar-refractivity contribution >= 4 is 5.91 Å². The van der Waals surface area contributed by atoms with E-state index in [2.05, 4.69) is 36.2 Å². The monoisotopic (exact) mass is 559 g/mol. The molecule has 40 heavy (non-hydrogen) atoms. The van der Waals surface area contributed by atoms with Gasteiger partial charge in [-0.15, -0.1) is 10.2 Å². The van der Waals surface area contributed by atoms with Crippen LogP contribution in [0.2, 0.25) is 0 Å². The Kier molecular flexibility index (Phi) is 9.39. The Bertz CT molecular complexity index is 1410. The normalized spacial score (nSPS) is 12.3. The minimum atomic E-state index is -4.49. The molecule has 4 rings (SSSR count).